The van der Waals surface area contributed by atoms with Crippen molar-refractivity contribution < 1.29 is 4.79 Å². The summed E-state index contributed by atoms with van der Waals surface area (Å²) in [6.45, 7) is 0.670. The molecule has 0 aromatic carbocycles. The van der Waals surface area contributed by atoms with Gasteiger partial charge in [0.25, 0.3) is 0 Å². The van der Waals surface area contributed by atoms with Crippen LogP contribution in [0.25, 0.3) is 0 Å². The lowest BCUT2D eigenvalue weighted by Gasteiger charge is -2.18. The number of thiophene rings is 1. The largest absolute Gasteiger partial charge is 0.351 e. The van der Waals surface area contributed by atoms with E-state index in [1.807, 2.05) is 11.4 Å². The van der Waals surface area contributed by atoms with Crippen LogP contribution in [0.1, 0.15) is 18.4 Å². The predicted octanol–water partition coefficient (Wildman–Crippen LogP) is 1.79. The third-order valence-corrected chi connectivity index (χ3v) is 2.94. The summed E-state index contributed by atoms with van der Waals surface area (Å²) in [6, 6.07) is 2.13. The van der Waals surface area contributed by atoms with E-state index >= 15 is 0 Å². The lowest BCUT2D eigenvalue weighted by atomic mass is 10.3. The molecule has 0 radical (unpaired) electrons. The number of carbonyl (C=O) groups is 1. The fraction of sp³-hybridized carbons (Fsp3) is 0.444. The van der Waals surface area contributed by atoms with E-state index in [0.29, 0.717) is 12.6 Å². The molecular weight excluding hydrogens is 184 g/mol. The summed E-state index contributed by atoms with van der Waals surface area (Å²) < 4.78 is 0. The van der Waals surface area contributed by atoms with E-state index in [-0.39, 0.29) is 6.03 Å². The van der Waals surface area contributed by atoms with Crippen molar-refractivity contribution in [2.45, 2.75) is 25.4 Å². The van der Waals surface area contributed by atoms with Crippen LogP contribution >= 0.6 is 11.3 Å². The lowest BCUT2D eigenvalue weighted by Crippen LogP contribution is -2.36. The van der Waals surface area contributed by atoms with Gasteiger partial charge in [-0.25, -0.2) is 4.79 Å². The summed E-state index contributed by atoms with van der Waals surface area (Å²) >= 11 is 1.65. The Kier molecular flexibility index (Phi) is 2.22. The van der Waals surface area contributed by atoms with Crippen LogP contribution in [0.15, 0.2) is 16.8 Å². The Bertz CT molecular complexity index is 293. The number of nitrogens with zero attached hydrogens (tertiary/aromatic N) is 1. The van der Waals surface area contributed by atoms with Crippen molar-refractivity contribution in [2.75, 3.05) is 0 Å². The minimum absolute atomic E-state index is 0.297. The molecule has 1 aliphatic carbocycles. The highest BCUT2D eigenvalue weighted by molar-refractivity contribution is 7.07. The minimum atomic E-state index is -0.297. The zero-order valence-electron chi connectivity index (χ0n) is 7.27. The monoisotopic (exact) mass is 196 g/mol. The molecule has 13 heavy (non-hydrogen) atoms. The zero-order chi connectivity index (χ0) is 9.26. The second kappa shape index (κ2) is 3.38. The Morgan fingerprint density at radius 3 is 2.92 bits per heavy atom. The summed E-state index contributed by atoms with van der Waals surface area (Å²) in [4.78, 5) is 12.8. The number of nitrogens with two attached hydrogens (primary N) is 1. The van der Waals surface area contributed by atoms with E-state index in [9.17, 15) is 4.79 Å². The van der Waals surface area contributed by atoms with Crippen molar-refractivity contribution in [3.05, 3.63) is 22.4 Å². The third-order valence-electron chi connectivity index (χ3n) is 2.20. The SMILES string of the molecule is NC(=O)N(Cc1ccsc1)C1CC1. The van der Waals surface area contributed by atoms with Gasteiger partial charge in [0, 0.05) is 12.6 Å². The fourth-order valence-electron chi connectivity index (χ4n) is 1.35. The van der Waals surface area contributed by atoms with Crippen molar-refractivity contribution in [1.29, 1.82) is 0 Å². The molecule has 2 N–H and O–H groups in total. The number of hydrogen-bond donors (Lipinski definition) is 1. The van der Waals surface area contributed by atoms with Gasteiger partial charge >= 0.3 is 6.03 Å². The van der Waals surface area contributed by atoms with Crippen LogP contribution in [0.2, 0.25) is 0 Å². The number of primary amides is 1. The van der Waals surface area contributed by atoms with Crippen molar-refractivity contribution >= 4 is 17.4 Å². The first-order chi connectivity index (χ1) is 6.27. The quantitative estimate of drug-likeness (QED) is 0.787. The number of amides is 2. The summed E-state index contributed by atoms with van der Waals surface area (Å²) in [5.41, 5.74) is 6.46. The predicted molar refractivity (Wildman–Crippen MR) is 52.5 cm³/mol. The molecule has 3 nitrogen and oxygen atoms in total. The first-order valence-electron chi connectivity index (χ1n) is 4.34. The molecule has 1 saturated carbocycles. The van der Waals surface area contributed by atoms with Gasteiger partial charge in [0.1, 0.15) is 0 Å². The van der Waals surface area contributed by atoms with Crippen molar-refractivity contribution in [1.82, 2.24) is 4.90 Å². The van der Waals surface area contributed by atoms with E-state index in [0.717, 1.165) is 12.8 Å². The van der Waals surface area contributed by atoms with Crippen molar-refractivity contribution in [2.24, 2.45) is 5.73 Å². The van der Waals surface area contributed by atoms with E-state index in [4.69, 9.17) is 5.73 Å². The second-order valence-corrected chi connectivity index (χ2v) is 4.11. The Morgan fingerprint density at radius 1 is 1.69 bits per heavy atom. The van der Waals surface area contributed by atoms with Gasteiger partial charge in [-0.15, -0.1) is 0 Å². The maximum atomic E-state index is 11.1. The Balaban J connectivity index is 2.01. The molecule has 2 amide bonds. The van der Waals surface area contributed by atoms with Crippen LogP contribution < -0.4 is 5.73 Å². The van der Waals surface area contributed by atoms with Crippen molar-refractivity contribution in [3.63, 3.8) is 0 Å². The highest BCUT2D eigenvalue weighted by Gasteiger charge is 2.31. The van der Waals surface area contributed by atoms with Gasteiger partial charge in [-0.3, -0.25) is 0 Å². The first-order valence-corrected chi connectivity index (χ1v) is 5.29. The van der Waals surface area contributed by atoms with Gasteiger partial charge in [0.15, 0.2) is 0 Å². The molecule has 4 heteroatoms. The van der Waals surface area contributed by atoms with Crippen LogP contribution in [0.3, 0.4) is 0 Å². The molecule has 0 saturated heterocycles. The van der Waals surface area contributed by atoms with Gasteiger partial charge in [0.2, 0.25) is 0 Å². The van der Waals surface area contributed by atoms with Crippen LogP contribution in [0.4, 0.5) is 4.79 Å². The molecule has 0 aliphatic heterocycles. The molecular formula is C9H12N2OS. The minimum Gasteiger partial charge on any atom is -0.351 e. The Labute approximate surface area is 81.2 Å². The molecule has 2 rings (SSSR count). The van der Waals surface area contributed by atoms with Gasteiger partial charge in [0.05, 0.1) is 0 Å². The second-order valence-electron chi connectivity index (χ2n) is 3.33. The highest BCUT2D eigenvalue weighted by Crippen LogP contribution is 2.28. The normalized spacial score (nSPS) is 15.7. The van der Waals surface area contributed by atoms with Gasteiger partial charge < -0.3 is 10.6 Å². The van der Waals surface area contributed by atoms with Gasteiger partial charge in [-0.1, -0.05) is 0 Å². The average Bonchev–Trinajstić information content (AvgIpc) is 2.79. The highest BCUT2D eigenvalue weighted by atomic mass is 32.1. The standard InChI is InChI=1S/C9H12N2OS/c10-9(12)11(8-1-2-8)5-7-3-4-13-6-7/h3-4,6,8H,1-2,5H2,(H2,10,12). The molecule has 0 atom stereocenters. The summed E-state index contributed by atoms with van der Waals surface area (Å²) in [6.07, 6.45) is 2.21. The average molecular weight is 196 g/mol. The van der Waals surface area contributed by atoms with Crippen molar-refractivity contribution in [3.8, 4) is 0 Å². The molecule has 1 heterocycles. The molecule has 1 fully saturated rings. The first kappa shape index (κ1) is 8.56. The molecule has 1 aliphatic rings. The number of hydrogen-bond acceptors (Lipinski definition) is 2. The van der Waals surface area contributed by atoms with Gasteiger partial charge in [-0.05, 0) is 35.2 Å². The van der Waals surface area contributed by atoms with E-state index in [2.05, 4.69) is 5.38 Å². The molecule has 70 valence electrons. The van der Waals surface area contributed by atoms with E-state index in [1.54, 1.807) is 16.2 Å². The maximum Gasteiger partial charge on any atom is 0.315 e. The smallest absolute Gasteiger partial charge is 0.315 e. The fourth-order valence-corrected chi connectivity index (χ4v) is 2.01. The molecule has 0 bridgehead atoms. The number of carbonyl (C=O) groups excluding carboxylic acids is 1. The summed E-state index contributed by atoms with van der Waals surface area (Å²) in [5, 5.41) is 4.07. The van der Waals surface area contributed by atoms with E-state index in [1.165, 1.54) is 5.56 Å². The Hall–Kier alpha value is -1.03. The third kappa shape index (κ3) is 2.01. The Morgan fingerprint density at radius 2 is 2.46 bits per heavy atom. The molecule has 0 unspecified atom stereocenters. The number of urea groups is 1. The molecule has 1 aromatic heterocycles. The summed E-state index contributed by atoms with van der Waals surface area (Å²) in [5.74, 6) is 0. The zero-order valence-corrected chi connectivity index (χ0v) is 8.09. The van der Waals surface area contributed by atoms with E-state index < -0.39 is 0 Å². The maximum absolute atomic E-state index is 11.1. The molecule has 0 spiro atoms. The lowest BCUT2D eigenvalue weighted by molar-refractivity contribution is 0.202. The van der Waals surface area contributed by atoms with Crippen LogP contribution in [-0.2, 0) is 6.54 Å². The molecule has 1 aromatic rings. The van der Waals surface area contributed by atoms with Crippen LogP contribution in [0, 0.1) is 0 Å². The number of rotatable bonds is 3. The van der Waals surface area contributed by atoms with Crippen LogP contribution in [0.5, 0.6) is 0 Å². The van der Waals surface area contributed by atoms with Gasteiger partial charge in [-0.2, -0.15) is 11.3 Å². The topological polar surface area (TPSA) is 46.3 Å². The summed E-state index contributed by atoms with van der Waals surface area (Å²) in [7, 11) is 0. The van der Waals surface area contributed by atoms with Crippen LogP contribution in [-0.4, -0.2) is 17.0 Å².